The molecule has 4 aromatic rings. The Morgan fingerprint density at radius 2 is 1.78 bits per heavy atom. The molecule has 0 aliphatic rings. The fraction of sp³-hybridized carbons (Fsp3) is 0.314. The van der Waals surface area contributed by atoms with E-state index < -0.39 is 10.8 Å². The summed E-state index contributed by atoms with van der Waals surface area (Å²) in [5.41, 5.74) is 4.00. The topological polar surface area (TPSA) is 91.7 Å². The minimum absolute atomic E-state index is 0.323. The number of carbonyl (C=O) groups is 1. The van der Waals surface area contributed by atoms with Crippen LogP contribution in [0.4, 0.5) is 5.69 Å². The fourth-order valence-corrected chi connectivity index (χ4v) is 6.02. The number of ether oxygens (including phenoxy) is 3. The van der Waals surface area contributed by atoms with Crippen LogP contribution in [0.5, 0.6) is 11.5 Å². The zero-order valence-electron chi connectivity index (χ0n) is 26.0. The van der Waals surface area contributed by atoms with E-state index in [-0.39, 0.29) is 5.91 Å². The normalized spacial score (nSPS) is 11.9. The Labute approximate surface area is 272 Å². The molecule has 0 saturated heterocycles. The van der Waals surface area contributed by atoms with Crippen LogP contribution in [-0.2, 0) is 32.6 Å². The van der Waals surface area contributed by atoms with Gasteiger partial charge in [0.2, 0.25) is 5.91 Å². The molecule has 1 N–H and O–H groups in total. The number of hydrogen-bond donors (Lipinski definition) is 1. The van der Waals surface area contributed by atoms with Crippen LogP contribution in [0.1, 0.15) is 44.4 Å². The second kappa shape index (κ2) is 17.5. The third-order valence-electron chi connectivity index (χ3n) is 6.94. The van der Waals surface area contributed by atoms with Gasteiger partial charge in [-0.1, -0.05) is 44.0 Å². The molecule has 4 rings (SSSR count). The van der Waals surface area contributed by atoms with Gasteiger partial charge < -0.3 is 24.1 Å². The maximum absolute atomic E-state index is 12.9. The SMILES string of the molecule is CCCCOCCOc1ccc(-c2cc(Cl)c(OC)c(/C=C/C(=O)Nc3ccc(S(=O)Cc4cncn4CCC)cc3)c2)cc1. The predicted molar refractivity (Wildman–Crippen MR) is 181 cm³/mol. The molecule has 1 unspecified atom stereocenters. The number of anilines is 1. The van der Waals surface area contributed by atoms with E-state index in [2.05, 4.69) is 24.1 Å². The van der Waals surface area contributed by atoms with Gasteiger partial charge >= 0.3 is 0 Å². The van der Waals surface area contributed by atoms with Crippen molar-refractivity contribution >= 4 is 40.1 Å². The van der Waals surface area contributed by atoms with Gasteiger partial charge in [-0.2, -0.15) is 0 Å². The summed E-state index contributed by atoms with van der Waals surface area (Å²) >= 11 is 6.56. The molecular weight excluding hydrogens is 610 g/mol. The summed E-state index contributed by atoms with van der Waals surface area (Å²) in [5.74, 6) is 1.29. The van der Waals surface area contributed by atoms with Crippen LogP contribution in [0.2, 0.25) is 5.02 Å². The van der Waals surface area contributed by atoms with Gasteiger partial charge in [-0.15, -0.1) is 0 Å². The van der Waals surface area contributed by atoms with Crippen LogP contribution in [0, 0.1) is 0 Å². The molecule has 1 heterocycles. The zero-order chi connectivity index (χ0) is 32.0. The molecule has 10 heteroatoms. The summed E-state index contributed by atoms with van der Waals surface area (Å²) in [6.07, 6.45) is 9.75. The number of carbonyl (C=O) groups excluding carboxylic acids is 1. The van der Waals surface area contributed by atoms with Gasteiger partial charge in [0.05, 0.1) is 47.3 Å². The Kier molecular flexibility index (Phi) is 13.2. The molecule has 0 radical (unpaired) electrons. The molecule has 0 spiro atoms. The summed E-state index contributed by atoms with van der Waals surface area (Å²) in [4.78, 5) is 17.6. The van der Waals surface area contributed by atoms with Gasteiger partial charge in [0.1, 0.15) is 18.1 Å². The Bertz CT molecular complexity index is 1590. The minimum atomic E-state index is -1.23. The van der Waals surface area contributed by atoms with Gasteiger partial charge in [-0.25, -0.2) is 4.98 Å². The number of aromatic nitrogens is 2. The largest absolute Gasteiger partial charge is 0.495 e. The van der Waals surface area contributed by atoms with Crippen LogP contribution in [0.3, 0.4) is 0 Å². The summed E-state index contributed by atoms with van der Waals surface area (Å²) in [6.45, 7) is 6.86. The van der Waals surface area contributed by atoms with Crippen molar-refractivity contribution < 1.29 is 23.2 Å². The number of nitrogens with one attached hydrogen (secondary N) is 1. The standard InChI is InChI=1S/C35H40ClN3O5S/c1-4-6-18-43-19-20-44-31-12-7-26(8-13-31)28-21-27(35(42-3)33(36)22-28)9-16-34(40)38-29-10-14-32(15-11-29)45(41)24-30-23-37-25-39(30)17-5-2/h7-16,21-23,25H,4-6,17-20,24H2,1-3H3,(H,38,40)/b16-9+. The van der Waals surface area contributed by atoms with Crippen LogP contribution >= 0.6 is 11.6 Å². The Hall–Kier alpha value is -3.92. The van der Waals surface area contributed by atoms with E-state index in [1.165, 1.54) is 6.08 Å². The zero-order valence-corrected chi connectivity index (χ0v) is 27.5. The summed E-state index contributed by atoms with van der Waals surface area (Å²) < 4.78 is 31.8. The third kappa shape index (κ3) is 10.0. The molecule has 0 aliphatic carbocycles. The van der Waals surface area contributed by atoms with Gasteiger partial charge in [-0.05, 0) is 78.6 Å². The average Bonchev–Trinajstić information content (AvgIpc) is 3.48. The Morgan fingerprint density at radius 1 is 1.00 bits per heavy atom. The molecule has 45 heavy (non-hydrogen) atoms. The minimum Gasteiger partial charge on any atom is -0.495 e. The van der Waals surface area contributed by atoms with Crippen molar-refractivity contribution in [2.45, 2.75) is 50.3 Å². The van der Waals surface area contributed by atoms with Gasteiger partial charge in [0.25, 0.3) is 0 Å². The van der Waals surface area contributed by atoms with E-state index in [9.17, 15) is 9.00 Å². The number of benzene rings is 3. The summed E-state index contributed by atoms with van der Waals surface area (Å²) in [6, 6.07) is 18.5. The number of unbranched alkanes of at least 4 members (excludes halogenated alkanes) is 1. The molecule has 1 aromatic heterocycles. The van der Waals surface area contributed by atoms with Crippen molar-refractivity contribution in [1.29, 1.82) is 0 Å². The molecule has 3 aromatic carbocycles. The first-order valence-electron chi connectivity index (χ1n) is 15.1. The van der Waals surface area contributed by atoms with E-state index in [1.807, 2.05) is 41.0 Å². The number of nitrogens with zero attached hydrogens (tertiary/aromatic N) is 2. The van der Waals surface area contributed by atoms with Crippen LogP contribution < -0.4 is 14.8 Å². The monoisotopic (exact) mass is 649 g/mol. The van der Waals surface area contributed by atoms with Crippen LogP contribution in [-0.4, -0.2) is 46.6 Å². The fourth-order valence-electron chi connectivity index (χ4n) is 4.60. The molecule has 0 fully saturated rings. The lowest BCUT2D eigenvalue weighted by molar-refractivity contribution is -0.111. The summed E-state index contributed by atoms with van der Waals surface area (Å²) in [5, 5.41) is 3.28. The van der Waals surface area contributed by atoms with Crippen molar-refractivity contribution in [2.75, 3.05) is 32.2 Å². The quantitative estimate of drug-likeness (QED) is 0.0928. The maximum Gasteiger partial charge on any atom is 0.248 e. The third-order valence-corrected chi connectivity index (χ3v) is 8.58. The highest BCUT2D eigenvalue weighted by atomic mass is 35.5. The highest BCUT2D eigenvalue weighted by Crippen LogP contribution is 2.35. The number of imidazole rings is 1. The van der Waals surface area contributed by atoms with E-state index >= 15 is 0 Å². The molecule has 1 atom stereocenters. The highest BCUT2D eigenvalue weighted by molar-refractivity contribution is 7.84. The first kappa shape index (κ1) is 34.0. The lowest BCUT2D eigenvalue weighted by atomic mass is 10.0. The van der Waals surface area contributed by atoms with Crippen molar-refractivity contribution in [2.24, 2.45) is 0 Å². The van der Waals surface area contributed by atoms with E-state index in [0.717, 1.165) is 55.0 Å². The lowest BCUT2D eigenvalue weighted by Crippen LogP contribution is -2.08. The first-order chi connectivity index (χ1) is 21.9. The highest BCUT2D eigenvalue weighted by Gasteiger charge is 2.12. The predicted octanol–water partition coefficient (Wildman–Crippen LogP) is 7.78. The molecule has 0 aliphatic heterocycles. The number of aryl methyl sites for hydroxylation is 1. The number of hydrogen-bond acceptors (Lipinski definition) is 6. The molecule has 1 amide bonds. The second-order valence-corrected chi connectivity index (χ2v) is 12.2. The van der Waals surface area contributed by atoms with Gasteiger partial charge in [-0.3, -0.25) is 9.00 Å². The number of methoxy groups -OCH3 is 1. The van der Waals surface area contributed by atoms with Crippen molar-refractivity contribution in [3.05, 3.63) is 95.5 Å². The Morgan fingerprint density at radius 3 is 2.49 bits per heavy atom. The van der Waals surface area contributed by atoms with Crippen molar-refractivity contribution in [1.82, 2.24) is 9.55 Å². The second-order valence-electron chi connectivity index (χ2n) is 10.3. The van der Waals surface area contributed by atoms with Crippen molar-refractivity contribution in [3.8, 4) is 22.6 Å². The lowest BCUT2D eigenvalue weighted by Gasteiger charge is -2.12. The molecule has 8 nitrogen and oxygen atoms in total. The van der Waals surface area contributed by atoms with Crippen LogP contribution in [0.15, 0.2) is 84.2 Å². The summed E-state index contributed by atoms with van der Waals surface area (Å²) in [7, 11) is 0.310. The molecule has 0 bridgehead atoms. The maximum atomic E-state index is 12.9. The number of halogens is 1. The van der Waals surface area contributed by atoms with Crippen molar-refractivity contribution in [3.63, 3.8) is 0 Å². The van der Waals surface area contributed by atoms with Crippen LogP contribution in [0.25, 0.3) is 17.2 Å². The van der Waals surface area contributed by atoms with E-state index in [0.29, 0.717) is 45.9 Å². The smallest absolute Gasteiger partial charge is 0.248 e. The Balaban J connectivity index is 1.37. The number of amides is 1. The molecule has 238 valence electrons. The van der Waals surface area contributed by atoms with Gasteiger partial charge in [0, 0.05) is 41.6 Å². The first-order valence-corrected chi connectivity index (χ1v) is 16.8. The van der Waals surface area contributed by atoms with E-state index in [4.69, 9.17) is 25.8 Å². The molecular formula is C35H40ClN3O5S. The molecule has 0 saturated carbocycles. The number of rotatable bonds is 17. The van der Waals surface area contributed by atoms with E-state index in [1.54, 1.807) is 50.0 Å². The average molecular weight is 650 g/mol. The van der Waals surface area contributed by atoms with Gasteiger partial charge in [0.15, 0.2) is 0 Å².